The van der Waals surface area contributed by atoms with Crippen molar-refractivity contribution >= 4 is 49.0 Å². The highest BCUT2D eigenvalue weighted by Crippen LogP contribution is 1.87. The Morgan fingerprint density at radius 1 is 0.850 bits per heavy atom. The van der Waals surface area contributed by atoms with Crippen molar-refractivity contribution in [3.8, 4) is 0 Å². The Balaban J connectivity index is 0. The van der Waals surface area contributed by atoms with Crippen LogP contribution in [-0.2, 0) is 19.2 Å². The highest BCUT2D eigenvalue weighted by atomic mass is 32.1. The first-order valence-corrected chi connectivity index (χ1v) is 6.63. The van der Waals surface area contributed by atoms with Crippen LogP contribution in [0.1, 0.15) is 13.8 Å². The molecule has 0 bridgehead atoms. The molecule has 0 saturated carbocycles. The van der Waals surface area contributed by atoms with E-state index in [1.165, 1.54) is 13.8 Å². The average molecular weight is 326 g/mol. The Kier molecular flexibility index (Phi) is 11.9. The minimum atomic E-state index is -1.06. The fraction of sp³-hybridized carbons (Fsp3) is 0.600. The van der Waals surface area contributed by atoms with Crippen LogP contribution in [0.5, 0.6) is 0 Å². The van der Waals surface area contributed by atoms with Gasteiger partial charge in [-0.3, -0.25) is 9.59 Å². The molecule has 0 unspecified atom stereocenters. The first-order chi connectivity index (χ1) is 9.15. The molecule has 0 aliphatic carbocycles. The number of carbonyl (C=O) groups excluding carboxylic acids is 2. The zero-order chi connectivity index (χ0) is 16.3. The number of rotatable bonds is 6. The molecular formula is C10H18N2O6S2. The quantitative estimate of drug-likeness (QED) is 0.347. The van der Waals surface area contributed by atoms with Gasteiger partial charge in [0.15, 0.2) is 0 Å². The molecule has 2 amide bonds. The van der Waals surface area contributed by atoms with E-state index >= 15 is 0 Å². The number of carboxylic acids is 2. The zero-order valence-electron chi connectivity index (χ0n) is 11.0. The van der Waals surface area contributed by atoms with Gasteiger partial charge >= 0.3 is 11.9 Å². The maximum atomic E-state index is 10.3. The Labute approximate surface area is 127 Å². The van der Waals surface area contributed by atoms with Crippen molar-refractivity contribution in [2.75, 3.05) is 11.5 Å². The molecule has 0 aliphatic rings. The van der Waals surface area contributed by atoms with Crippen molar-refractivity contribution in [3.63, 3.8) is 0 Å². The van der Waals surface area contributed by atoms with Gasteiger partial charge in [-0.15, -0.1) is 0 Å². The Hall–Kier alpha value is -1.42. The summed E-state index contributed by atoms with van der Waals surface area (Å²) in [7, 11) is 0. The molecule has 4 N–H and O–H groups in total. The smallest absolute Gasteiger partial charge is 0.327 e. The number of nitrogens with one attached hydrogen (secondary N) is 2. The van der Waals surface area contributed by atoms with E-state index < -0.39 is 24.0 Å². The summed E-state index contributed by atoms with van der Waals surface area (Å²) in [4.78, 5) is 41.0. The monoisotopic (exact) mass is 326 g/mol. The third-order valence-corrected chi connectivity index (χ3v) is 2.45. The maximum Gasteiger partial charge on any atom is 0.327 e. The van der Waals surface area contributed by atoms with Crippen LogP contribution >= 0.6 is 25.3 Å². The van der Waals surface area contributed by atoms with Crippen molar-refractivity contribution in [2.45, 2.75) is 25.9 Å². The minimum absolute atomic E-state index is 0.106. The second kappa shape index (κ2) is 11.4. The second-order valence-electron chi connectivity index (χ2n) is 3.55. The lowest BCUT2D eigenvalue weighted by Crippen LogP contribution is -2.40. The van der Waals surface area contributed by atoms with E-state index in [2.05, 4.69) is 35.9 Å². The van der Waals surface area contributed by atoms with E-state index in [9.17, 15) is 19.2 Å². The topological polar surface area (TPSA) is 133 Å². The van der Waals surface area contributed by atoms with E-state index in [1.54, 1.807) is 0 Å². The van der Waals surface area contributed by atoms with Crippen LogP contribution in [0.2, 0.25) is 0 Å². The highest BCUT2D eigenvalue weighted by Gasteiger charge is 2.15. The molecule has 0 aromatic rings. The first-order valence-electron chi connectivity index (χ1n) is 5.37. The molecular weight excluding hydrogens is 308 g/mol. The normalized spacial score (nSPS) is 12.2. The first kappa shape index (κ1) is 20.9. The van der Waals surface area contributed by atoms with Crippen LogP contribution in [0, 0.1) is 0 Å². The minimum Gasteiger partial charge on any atom is -0.480 e. The van der Waals surface area contributed by atoms with Crippen LogP contribution in [-0.4, -0.2) is 57.6 Å². The molecule has 0 fully saturated rings. The average Bonchev–Trinajstić information content (AvgIpc) is 2.32. The highest BCUT2D eigenvalue weighted by molar-refractivity contribution is 7.80. The molecule has 116 valence electrons. The number of carboxylic acid groups (broad SMARTS) is 2. The third kappa shape index (κ3) is 11.7. The Bertz CT molecular complexity index is 330. The van der Waals surface area contributed by atoms with Crippen LogP contribution in [0.25, 0.3) is 0 Å². The van der Waals surface area contributed by atoms with Crippen molar-refractivity contribution in [2.24, 2.45) is 0 Å². The lowest BCUT2D eigenvalue weighted by molar-refractivity contribution is -0.141. The van der Waals surface area contributed by atoms with Crippen molar-refractivity contribution in [1.29, 1.82) is 0 Å². The predicted octanol–water partition coefficient (Wildman–Crippen LogP) is -0.989. The van der Waals surface area contributed by atoms with Crippen LogP contribution in [0.3, 0.4) is 0 Å². The molecule has 0 spiro atoms. The van der Waals surface area contributed by atoms with Gasteiger partial charge in [-0.25, -0.2) is 9.59 Å². The summed E-state index contributed by atoms with van der Waals surface area (Å²) in [6.07, 6.45) is 0. The van der Waals surface area contributed by atoms with Gasteiger partial charge in [0.2, 0.25) is 11.8 Å². The molecule has 0 heterocycles. The summed E-state index contributed by atoms with van der Waals surface area (Å²) >= 11 is 7.47. The van der Waals surface area contributed by atoms with Gasteiger partial charge in [0.1, 0.15) is 12.1 Å². The van der Waals surface area contributed by atoms with Crippen molar-refractivity contribution in [3.05, 3.63) is 0 Å². The molecule has 0 radical (unpaired) electrons. The summed E-state index contributed by atoms with van der Waals surface area (Å²) in [6, 6.07) is -1.75. The van der Waals surface area contributed by atoms with E-state index in [0.717, 1.165) is 0 Å². The van der Waals surface area contributed by atoms with E-state index in [-0.39, 0.29) is 23.3 Å². The number of hydrogen-bond donors (Lipinski definition) is 6. The summed E-state index contributed by atoms with van der Waals surface area (Å²) < 4.78 is 0. The van der Waals surface area contributed by atoms with Crippen molar-refractivity contribution in [1.82, 2.24) is 10.6 Å². The molecule has 0 saturated heterocycles. The fourth-order valence-electron chi connectivity index (χ4n) is 0.862. The lowest BCUT2D eigenvalue weighted by atomic mass is 10.3. The number of amides is 2. The van der Waals surface area contributed by atoms with Gasteiger partial charge in [0.25, 0.3) is 0 Å². The predicted molar refractivity (Wildman–Crippen MR) is 78.2 cm³/mol. The third-order valence-electron chi connectivity index (χ3n) is 1.72. The maximum absolute atomic E-state index is 10.3. The van der Waals surface area contributed by atoms with E-state index in [1.807, 2.05) is 0 Å². The summed E-state index contributed by atoms with van der Waals surface area (Å²) in [6.45, 7) is 2.53. The molecule has 0 rings (SSSR count). The molecule has 0 aliphatic heterocycles. The molecule has 20 heavy (non-hydrogen) atoms. The molecule has 0 aromatic heterocycles. The number of thiol groups is 2. The van der Waals surface area contributed by atoms with Gasteiger partial charge in [-0.05, 0) is 0 Å². The summed E-state index contributed by atoms with van der Waals surface area (Å²) in [5, 5.41) is 21.1. The Morgan fingerprint density at radius 3 is 1.15 bits per heavy atom. The molecule has 2 atom stereocenters. The summed E-state index contributed by atoms with van der Waals surface area (Å²) in [5.74, 6) is -2.64. The SMILES string of the molecule is CC(=O)N[C@@H](CS)C(=O)O.CC(=O)N[C@@H](CS)C(=O)O. The number of hydrogen-bond acceptors (Lipinski definition) is 6. The second-order valence-corrected chi connectivity index (χ2v) is 4.28. The lowest BCUT2D eigenvalue weighted by Gasteiger charge is -2.08. The number of carbonyl (C=O) groups is 4. The summed E-state index contributed by atoms with van der Waals surface area (Å²) in [5.41, 5.74) is 0. The fourth-order valence-corrected chi connectivity index (χ4v) is 1.36. The van der Waals surface area contributed by atoms with Gasteiger partial charge < -0.3 is 20.8 Å². The van der Waals surface area contributed by atoms with Crippen LogP contribution < -0.4 is 10.6 Å². The van der Waals surface area contributed by atoms with Crippen LogP contribution in [0.4, 0.5) is 0 Å². The van der Waals surface area contributed by atoms with Gasteiger partial charge in [0, 0.05) is 25.4 Å². The van der Waals surface area contributed by atoms with Gasteiger partial charge in [0.05, 0.1) is 0 Å². The number of aliphatic carboxylic acids is 2. The zero-order valence-corrected chi connectivity index (χ0v) is 12.8. The van der Waals surface area contributed by atoms with Gasteiger partial charge in [-0.1, -0.05) is 0 Å². The van der Waals surface area contributed by atoms with Crippen molar-refractivity contribution < 1.29 is 29.4 Å². The molecule has 0 aromatic carbocycles. The standard InChI is InChI=1S/2C5H9NO3S/c2*1-3(7)6-4(2-10)5(8)9/h2*4,10H,2H2,1H3,(H,6,7)(H,8,9)/t2*4-/m00/s1. The van der Waals surface area contributed by atoms with Gasteiger partial charge in [-0.2, -0.15) is 25.3 Å². The Morgan fingerprint density at radius 2 is 1.10 bits per heavy atom. The van der Waals surface area contributed by atoms with E-state index in [0.29, 0.717) is 0 Å². The largest absolute Gasteiger partial charge is 0.480 e. The molecule has 10 heteroatoms. The molecule has 8 nitrogen and oxygen atoms in total. The van der Waals surface area contributed by atoms with Crippen LogP contribution in [0.15, 0.2) is 0 Å². The van der Waals surface area contributed by atoms with E-state index in [4.69, 9.17) is 10.2 Å².